The van der Waals surface area contributed by atoms with Gasteiger partial charge in [0.05, 0.1) is 0 Å². The van der Waals surface area contributed by atoms with E-state index in [1.807, 2.05) is 30.3 Å². The Hall–Kier alpha value is -2.08. The second kappa shape index (κ2) is 14.9. The van der Waals surface area contributed by atoms with Gasteiger partial charge in [-0.15, -0.1) is 24.8 Å². The van der Waals surface area contributed by atoms with Crippen LogP contribution in [-0.4, -0.2) is 41.8 Å². The van der Waals surface area contributed by atoms with Crippen molar-refractivity contribution in [3.8, 4) is 5.75 Å². The number of carbonyl (C=O) groups is 1. The van der Waals surface area contributed by atoms with E-state index in [0.717, 1.165) is 80.4 Å². The monoisotopic (exact) mass is 574 g/mol. The normalized spacial score (nSPS) is 16.3. The van der Waals surface area contributed by atoms with Gasteiger partial charge in [-0.3, -0.25) is 14.6 Å². The molecule has 204 valence electrons. The van der Waals surface area contributed by atoms with Gasteiger partial charge in [-0.1, -0.05) is 54.1 Å². The molecule has 4 nitrogen and oxygen atoms in total. The Balaban J connectivity index is 0.00000200. The zero-order valence-electron chi connectivity index (χ0n) is 21.7. The molecule has 0 aromatic heterocycles. The van der Waals surface area contributed by atoms with Gasteiger partial charge in [0, 0.05) is 48.7 Å². The van der Waals surface area contributed by atoms with Gasteiger partial charge in [-0.05, 0) is 79.7 Å². The molecule has 0 saturated carbocycles. The number of hydrogen-bond acceptors (Lipinski definition) is 4. The first-order valence-electron chi connectivity index (χ1n) is 13.1. The van der Waals surface area contributed by atoms with Crippen molar-refractivity contribution >= 4 is 42.2 Å². The number of ketones is 1. The van der Waals surface area contributed by atoms with Crippen LogP contribution in [0.4, 0.5) is 0 Å². The van der Waals surface area contributed by atoms with Crippen molar-refractivity contribution in [3.63, 3.8) is 0 Å². The molecule has 0 spiro atoms. The minimum absolute atomic E-state index is 0. The number of hydrogen-bond donors (Lipinski definition) is 0. The molecule has 0 amide bonds. The lowest BCUT2D eigenvalue weighted by Gasteiger charge is -2.32. The number of rotatable bonds is 8. The molecule has 2 aliphatic heterocycles. The van der Waals surface area contributed by atoms with E-state index < -0.39 is 0 Å². The number of benzene rings is 3. The molecule has 38 heavy (non-hydrogen) atoms. The van der Waals surface area contributed by atoms with Crippen molar-refractivity contribution in [2.45, 2.75) is 45.3 Å². The molecule has 1 fully saturated rings. The Morgan fingerprint density at radius 3 is 2.26 bits per heavy atom. The van der Waals surface area contributed by atoms with Gasteiger partial charge in [0.2, 0.25) is 0 Å². The van der Waals surface area contributed by atoms with Gasteiger partial charge in [-0.25, -0.2) is 0 Å². The third kappa shape index (κ3) is 8.46. The van der Waals surface area contributed by atoms with Crippen molar-refractivity contribution in [2.75, 3.05) is 26.2 Å². The zero-order valence-corrected chi connectivity index (χ0v) is 24.1. The Morgan fingerprint density at radius 2 is 1.53 bits per heavy atom. The summed E-state index contributed by atoms with van der Waals surface area (Å²) in [5.41, 5.74) is 4.54. The summed E-state index contributed by atoms with van der Waals surface area (Å²) in [7, 11) is 0. The molecule has 0 N–H and O–H groups in total. The number of carbonyl (C=O) groups excluding carboxylic acids is 1. The lowest BCUT2D eigenvalue weighted by molar-refractivity contribution is 0.0961. The zero-order chi connectivity index (χ0) is 24.7. The van der Waals surface area contributed by atoms with Crippen molar-refractivity contribution in [3.05, 3.63) is 100 Å². The number of Topliss-reactive ketones (excluding diaryl/α,β-unsaturated/α-hetero) is 1. The molecular formula is C31H37Cl3N2O2. The second-order valence-corrected chi connectivity index (χ2v) is 10.6. The van der Waals surface area contributed by atoms with E-state index in [0.29, 0.717) is 18.9 Å². The average molecular weight is 576 g/mol. The number of likely N-dealkylation sites (tertiary alicyclic amines) is 1. The van der Waals surface area contributed by atoms with Crippen molar-refractivity contribution in [1.82, 2.24) is 9.80 Å². The van der Waals surface area contributed by atoms with Crippen LogP contribution in [-0.2, 0) is 19.6 Å². The molecule has 5 rings (SSSR count). The summed E-state index contributed by atoms with van der Waals surface area (Å²) in [6.07, 6.45) is 3.91. The van der Waals surface area contributed by atoms with E-state index in [9.17, 15) is 4.79 Å². The molecule has 0 atom stereocenters. The topological polar surface area (TPSA) is 32.8 Å². The first-order chi connectivity index (χ1) is 17.6. The predicted molar refractivity (Wildman–Crippen MR) is 160 cm³/mol. The van der Waals surface area contributed by atoms with Gasteiger partial charge in [0.25, 0.3) is 0 Å². The molecule has 1 saturated heterocycles. The summed E-state index contributed by atoms with van der Waals surface area (Å²) in [6, 6.07) is 24.7. The van der Waals surface area contributed by atoms with Gasteiger partial charge < -0.3 is 4.74 Å². The minimum Gasteiger partial charge on any atom is -0.492 e. The van der Waals surface area contributed by atoms with Crippen molar-refractivity contribution in [2.24, 2.45) is 5.92 Å². The summed E-state index contributed by atoms with van der Waals surface area (Å²) in [4.78, 5) is 18.0. The molecule has 2 heterocycles. The maximum absolute atomic E-state index is 13.1. The van der Waals surface area contributed by atoms with Crippen molar-refractivity contribution < 1.29 is 9.53 Å². The summed E-state index contributed by atoms with van der Waals surface area (Å²) in [5.74, 6) is 1.79. The first-order valence-corrected chi connectivity index (χ1v) is 13.5. The van der Waals surface area contributed by atoms with Gasteiger partial charge in [0.15, 0.2) is 5.78 Å². The van der Waals surface area contributed by atoms with E-state index in [1.165, 1.54) is 11.1 Å². The highest BCUT2D eigenvalue weighted by atomic mass is 35.5. The van der Waals surface area contributed by atoms with Crippen LogP contribution in [0, 0.1) is 5.92 Å². The van der Waals surface area contributed by atoms with Crippen LogP contribution in [0.1, 0.15) is 52.7 Å². The largest absolute Gasteiger partial charge is 0.492 e. The molecule has 0 radical (unpaired) electrons. The van der Waals surface area contributed by atoms with E-state index >= 15 is 0 Å². The molecule has 3 aromatic carbocycles. The third-order valence-electron chi connectivity index (χ3n) is 7.50. The van der Waals surface area contributed by atoms with E-state index in [1.54, 1.807) is 0 Å². The molecule has 0 aliphatic carbocycles. The fraction of sp³-hybridized carbons (Fsp3) is 0.387. The summed E-state index contributed by atoms with van der Waals surface area (Å²) < 4.78 is 6.00. The van der Waals surface area contributed by atoms with Crippen LogP contribution in [0.3, 0.4) is 0 Å². The molecule has 0 unspecified atom stereocenters. The quantitative estimate of drug-likeness (QED) is 0.261. The fourth-order valence-corrected chi connectivity index (χ4v) is 5.49. The highest BCUT2D eigenvalue weighted by Gasteiger charge is 2.22. The molecule has 2 aliphatic rings. The summed E-state index contributed by atoms with van der Waals surface area (Å²) in [5, 5.41) is 0.786. The van der Waals surface area contributed by atoms with Crippen LogP contribution in [0.25, 0.3) is 0 Å². The van der Waals surface area contributed by atoms with Gasteiger partial charge >= 0.3 is 0 Å². The predicted octanol–water partition coefficient (Wildman–Crippen LogP) is 7.45. The standard InChI is InChI=1S/C31H35ClN2O2.2ClH/c32-29-10-6-26(7-11-29)21-33-16-14-24(15-17-33)8-12-30(35)27-9-13-31-28(20-27)23-34(18-19-36-31)22-25-4-2-1-3-5-25;;/h1-7,9-11,13,20,24H,8,12,14-19,21-23H2;2*1H. The molecule has 3 aromatic rings. The number of nitrogens with zero attached hydrogens (tertiary/aromatic N) is 2. The summed E-state index contributed by atoms with van der Waals surface area (Å²) >= 11 is 6.01. The Bertz CT molecular complexity index is 1150. The lowest BCUT2D eigenvalue weighted by atomic mass is 9.90. The molecule has 0 bridgehead atoms. The number of piperidine rings is 1. The Morgan fingerprint density at radius 1 is 0.842 bits per heavy atom. The highest BCUT2D eigenvalue weighted by molar-refractivity contribution is 6.30. The summed E-state index contributed by atoms with van der Waals surface area (Å²) in [6.45, 7) is 6.40. The fourth-order valence-electron chi connectivity index (χ4n) is 5.36. The molecular weight excluding hydrogens is 539 g/mol. The van der Waals surface area contributed by atoms with Crippen LogP contribution in [0.15, 0.2) is 72.8 Å². The number of halogens is 3. The van der Waals surface area contributed by atoms with E-state index in [2.05, 4.69) is 52.3 Å². The second-order valence-electron chi connectivity index (χ2n) is 10.2. The maximum Gasteiger partial charge on any atom is 0.162 e. The third-order valence-corrected chi connectivity index (χ3v) is 7.75. The van der Waals surface area contributed by atoms with Crippen LogP contribution < -0.4 is 4.74 Å². The van der Waals surface area contributed by atoms with Gasteiger partial charge in [-0.2, -0.15) is 0 Å². The Labute approximate surface area is 244 Å². The average Bonchev–Trinajstić information content (AvgIpc) is 3.11. The number of ether oxygens (including phenoxy) is 1. The van der Waals surface area contributed by atoms with E-state index in [-0.39, 0.29) is 30.6 Å². The number of fused-ring (bicyclic) bond motifs is 1. The van der Waals surface area contributed by atoms with Gasteiger partial charge in [0.1, 0.15) is 12.4 Å². The highest BCUT2D eigenvalue weighted by Crippen LogP contribution is 2.28. The molecule has 7 heteroatoms. The first kappa shape index (κ1) is 30.5. The maximum atomic E-state index is 13.1. The van der Waals surface area contributed by atoms with Crippen LogP contribution in [0.2, 0.25) is 5.02 Å². The van der Waals surface area contributed by atoms with Crippen molar-refractivity contribution in [1.29, 1.82) is 0 Å². The minimum atomic E-state index is 0. The SMILES string of the molecule is Cl.Cl.O=C(CCC1CCN(Cc2ccc(Cl)cc2)CC1)c1ccc2c(c1)CN(Cc1ccccc1)CCO2. The van der Waals surface area contributed by atoms with E-state index in [4.69, 9.17) is 16.3 Å². The van der Waals surface area contributed by atoms with Crippen LogP contribution >= 0.6 is 36.4 Å². The Kier molecular flexibility index (Phi) is 11.9. The smallest absolute Gasteiger partial charge is 0.162 e. The lowest BCUT2D eigenvalue weighted by Crippen LogP contribution is -2.33. The van der Waals surface area contributed by atoms with Crippen LogP contribution in [0.5, 0.6) is 5.75 Å².